The lowest BCUT2D eigenvalue weighted by atomic mass is 9.92. The van der Waals surface area contributed by atoms with Crippen molar-refractivity contribution >= 4 is 52.7 Å². The molecule has 0 unspecified atom stereocenters. The van der Waals surface area contributed by atoms with E-state index in [2.05, 4.69) is 46.4 Å². The largest absolute Gasteiger partial charge is 0.490 e. The number of ether oxygens (including phenoxy) is 1. The first-order valence-corrected chi connectivity index (χ1v) is 20.0. The second kappa shape index (κ2) is 17.8. The van der Waals surface area contributed by atoms with Gasteiger partial charge in [-0.1, -0.05) is 0 Å². The molecule has 6 heterocycles. The van der Waals surface area contributed by atoms with Crippen molar-refractivity contribution in [2.24, 2.45) is 5.92 Å². The minimum absolute atomic E-state index is 0. The number of anilines is 2. The van der Waals surface area contributed by atoms with Gasteiger partial charge in [-0.2, -0.15) is 18.4 Å². The van der Waals surface area contributed by atoms with Crippen molar-refractivity contribution < 1.29 is 32.3 Å². The van der Waals surface area contributed by atoms with Gasteiger partial charge in [0.15, 0.2) is 11.5 Å². The van der Waals surface area contributed by atoms with Crippen LogP contribution in [0.15, 0.2) is 55.0 Å². The van der Waals surface area contributed by atoms with Crippen molar-refractivity contribution in [1.29, 1.82) is 5.26 Å². The number of carbonyl (C=O) groups excluding carboxylic acids is 3. The fourth-order valence-electron chi connectivity index (χ4n) is 8.80. The average molecular weight is 835 g/mol. The number of imide groups is 1. The van der Waals surface area contributed by atoms with E-state index in [1.165, 1.54) is 6.07 Å². The van der Waals surface area contributed by atoms with Gasteiger partial charge < -0.3 is 24.4 Å². The Kier molecular flexibility index (Phi) is 12.6. The number of nitrogens with one attached hydrogen (secondary N) is 2. The molecule has 4 aliphatic rings. The van der Waals surface area contributed by atoms with E-state index in [9.17, 15) is 27.6 Å². The smallest absolute Gasteiger partial charge is 0.417 e. The van der Waals surface area contributed by atoms with E-state index in [0.717, 1.165) is 92.9 Å². The van der Waals surface area contributed by atoms with Crippen LogP contribution in [-0.4, -0.2) is 93.9 Å². The number of hydrogen-bond donors (Lipinski definition) is 2. The number of nitriles is 1. The Morgan fingerprint density at radius 2 is 1.69 bits per heavy atom. The number of piperidine rings is 2. The number of rotatable bonds is 9. The van der Waals surface area contributed by atoms with Gasteiger partial charge in [-0.25, -0.2) is 4.79 Å². The van der Waals surface area contributed by atoms with Gasteiger partial charge in [0, 0.05) is 69.4 Å². The van der Waals surface area contributed by atoms with Crippen molar-refractivity contribution in [1.82, 2.24) is 35.3 Å². The summed E-state index contributed by atoms with van der Waals surface area (Å²) in [7, 11) is 0. The predicted octanol–water partition coefficient (Wildman–Crippen LogP) is 6.26. The number of urea groups is 1. The maximum atomic E-state index is 13.4. The van der Waals surface area contributed by atoms with Crippen LogP contribution in [0.25, 0.3) is 10.9 Å². The molecule has 3 aliphatic heterocycles. The number of fused-ring (bicyclic) bond motifs is 1. The lowest BCUT2D eigenvalue weighted by molar-refractivity contribution is -0.138. The van der Waals surface area contributed by atoms with Crippen LogP contribution in [0.4, 0.5) is 29.5 Å². The fraction of sp³-hybridized carbons (Fsp3) is 0.488. The molecule has 0 bridgehead atoms. The molecule has 0 spiro atoms. The van der Waals surface area contributed by atoms with E-state index < -0.39 is 23.3 Å². The molecule has 14 nitrogen and oxygen atoms in total. The lowest BCUT2D eigenvalue weighted by Gasteiger charge is -2.38. The lowest BCUT2D eigenvalue weighted by Crippen LogP contribution is -2.49. The number of carbonyl (C=O) groups is 3. The average Bonchev–Trinajstić information content (AvgIpc) is 3.67. The summed E-state index contributed by atoms with van der Waals surface area (Å²) in [6.07, 6.45) is 7.40. The molecule has 312 valence electrons. The van der Waals surface area contributed by atoms with Crippen molar-refractivity contribution in [2.45, 2.75) is 82.2 Å². The third kappa shape index (κ3) is 9.39. The normalized spacial score (nSPS) is 21.1. The van der Waals surface area contributed by atoms with Gasteiger partial charge in [0.25, 0.3) is 5.91 Å². The van der Waals surface area contributed by atoms with E-state index >= 15 is 0 Å². The zero-order chi connectivity index (χ0) is 40.4. The van der Waals surface area contributed by atoms with Gasteiger partial charge in [0.05, 0.1) is 46.9 Å². The van der Waals surface area contributed by atoms with E-state index in [4.69, 9.17) is 10.00 Å². The van der Waals surface area contributed by atoms with Crippen LogP contribution in [-0.2, 0) is 11.0 Å². The van der Waals surface area contributed by atoms with Crippen LogP contribution in [0.5, 0.6) is 5.75 Å². The Morgan fingerprint density at radius 1 is 0.932 bits per heavy atom. The van der Waals surface area contributed by atoms with Crippen molar-refractivity contribution in [2.75, 3.05) is 49.1 Å². The quantitative estimate of drug-likeness (QED) is 0.197. The summed E-state index contributed by atoms with van der Waals surface area (Å²) >= 11 is 0. The highest BCUT2D eigenvalue weighted by Gasteiger charge is 2.35. The number of likely N-dealkylation sites (tertiary alicyclic amines) is 1. The third-order valence-corrected chi connectivity index (χ3v) is 12.0. The first kappa shape index (κ1) is 41.7. The molecule has 1 aliphatic carbocycles. The van der Waals surface area contributed by atoms with Gasteiger partial charge in [-0.05, 0) is 93.7 Å². The van der Waals surface area contributed by atoms with Crippen LogP contribution >= 0.6 is 12.4 Å². The highest BCUT2D eigenvalue weighted by atomic mass is 35.5. The molecule has 1 aromatic carbocycles. The Morgan fingerprint density at radius 3 is 2.37 bits per heavy atom. The SMILES string of the molecule is Cl.N#Cc1ccc(OC2CCC(NC(=O)c3ccc(N4CCC(CN5CCC(n6ccc7c(N8CCC(=O)NC8=O)cncc76)CC5)CC4)nn3)CC2)cc1C(F)(F)F. The molecular formula is C41H46ClF3N10O4. The highest BCUT2D eigenvalue weighted by molar-refractivity contribution is 6.09. The molecule has 2 N–H and O–H groups in total. The standard InChI is InChI=1S/C41H45F3N10O4.ClH/c42-41(43,44)33-21-31(4-1-27(33)22-45)58-30-5-2-28(3-6-30)47-39(56)34-7-8-37(50-49-34)52-17-9-26(10-18-52)25-51-15-11-29(12-16-51)53-19-13-32-35(53)23-46-24-36(32)54-20-14-38(55)48-40(54)57;/h1,4,7-8,13,19,21,23-24,26,28-30H,2-3,5-6,9-12,14-18,20,25H2,(H,47,56)(H,48,55,57);1H. The number of amides is 4. The molecule has 4 fully saturated rings. The first-order chi connectivity index (χ1) is 28.0. The predicted molar refractivity (Wildman–Crippen MR) is 214 cm³/mol. The first-order valence-electron chi connectivity index (χ1n) is 20.0. The number of hydrogen-bond acceptors (Lipinski definition) is 10. The molecule has 3 aromatic heterocycles. The van der Waals surface area contributed by atoms with Crippen LogP contribution in [0.2, 0.25) is 0 Å². The Hall–Kier alpha value is -5.47. The van der Waals surface area contributed by atoms with Gasteiger partial charge >= 0.3 is 12.2 Å². The van der Waals surface area contributed by atoms with Crippen molar-refractivity contribution in [3.63, 3.8) is 0 Å². The molecule has 8 rings (SSSR count). The number of aromatic nitrogens is 4. The summed E-state index contributed by atoms with van der Waals surface area (Å²) in [6, 6.07) is 10.4. The summed E-state index contributed by atoms with van der Waals surface area (Å²) in [6.45, 7) is 5.12. The van der Waals surface area contributed by atoms with Gasteiger partial charge in [0.1, 0.15) is 5.75 Å². The molecule has 1 saturated carbocycles. The Bertz CT molecular complexity index is 2190. The third-order valence-electron chi connectivity index (χ3n) is 12.0. The highest BCUT2D eigenvalue weighted by Crippen LogP contribution is 2.36. The second-order valence-corrected chi connectivity index (χ2v) is 15.7. The fourth-order valence-corrected chi connectivity index (χ4v) is 8.80. The topological polar surface area (TPSA) is 162 Å². The number of benzene rings is 1. The molecule has 3 saturated heterocycles. The summed E-state index contributed by atoms with van der Waals surface area (Å²) in [5.74, 6) is 0.820. The summed E-state index contributed by atoms with van der Waals surface area (Å²) in [4.78, 5) is 48.0. The Labute approximate surface area is 345 Å². The second-order valence-electron chi connectivity index (χ2n) is 15.7. The zero-order valence-electron chi connectivity index (χ0n) is 32.4. The van der Waals surface area contributed by atoms with Gasteiger partial charge in [-0.3, -0.25) is 24.8 Å². The molecule has 4 aromatic rings. The van der Waals surface area contributed by atoms with E-state index in [1.807, 2.05) is 18.3 Å². The minimum Gasteiger partial charge on any atom is -0.490 e. The van der Waals surface area contributed by atoms with Crippen LogP contribution < -0.4 is 25.2 Å². The maximum absolute atomic E-state index is 13.4. The Balaban J connectivity index is 0.00000528. The molecule has 18 heteroatoms. The van der Waals surface area contributed by atoms with Gasteiger partial charge in [-0.15, -0.1) is 22.6 Å². The zero-order valence-corrected chi connectivity index (χ0v) is 33.2. The molecular weight excluding hydrogens is 789 g/mol. The van der Waals surface area contributed by atoms with E-state index in [1.54, 1.807) is 23.2 Å². The molecule has 4 amide bonds. The molecule has 59 heavy (non-hydrogen) atoms. The van der Waals surface area contributed by atoms with Crippen LogP contribution in [0.1, 0.15) is 85.4 Å². The van der Waals surface area contributed by atoms with Crippen LogP contribution in [0, 0.1) is 17.2 Å². The summed E-state index contributed by atoms with van der Waals surface area (Å²) in [5.41, 5.74) is 0.486. The monoisotopic (exact) mass is 834 g/mol. The van der Waals surface area contributed by atoms with Crippen molar-refractivity contribution in [3.8, 4) is 11.8 Å². The summed E-state index contributed by atoms with van der Waals surface area (Å²) < 4.78 is 48.2. The van der Waals surface area contributed by atoms with Gasteiger partial charge in [0.2, 0.25) is 5.91 Å². The number of pyridine rings is 1. The van der Waals surface area contributed by atoms with Crippen molar-refractivity contribution in [3.05, 3.63) is 71.8 Å². The number of nitrogens with zero attached hydrogens (tertiary/aromatic N) is 8. The molecule has 0 atom stereocenters. The summed E-state index contributed by atoms with van der Waals surface area (Å²) in [5, 5.41) is 24.0. The van der Waals surface area contributed by atoms with E-state index in [0.29, 0.717) is 44.2 Å². The minimum atomic E-state index is -4.65. The van der Waals surface area contributed by atoms with Crippen LogP contribution in [0.3, 0.4) is 0 Å². The number of alkyl halides is 3. The maximum Gasteiger partial charge on any atom is 0.417 e. The van der Waals surface area contributed by atoms with E-state index in [-0.39, 0.29) is 54.2 Å². The molecule has 0 radical (unpaired) electrons. The number of halogens is 4.